The molecule has 1 unspecified atom stereocenters. The molecule has 5 heteroatoms. The predicted octanol–water partition coefficient (Wildman–Crippen LogP) is 5.45. The van der Waals surface area contributed by atoms with Crippen LogP contribution in [0.5, 0.6) is 0 Å². The van der Waals surface area contributed by atoms with Crippen molar-refractivity contribution in [3.63, 3.8) is 0 Å². The molecule has 0 aromatic heterocycles. The average molecular weight is 439 g/mol. The van der Waals surface area contributed by atoms with Crippen LogP contribution in [0.4, 0.5) is 5.69 Å². The summed E-state index contributed by atoms with van der Waals surface area (Å²) in [6, 6.07) is 10.7. The van der Waals surface area contributed by atoms with E-state index in [4.69, 9.17) is 0 Å². The van der Waals surface area contributed by atoms with E-state index in [1.54, 1.807) is 15.0 Å². The van der Waals surface area contributed by atoms with Crippen LogP contribution < -0.4 is 3.80 Å². The Labute approximate surface area is 154 Å². The van der Waals surface area contributed by atoms with Gasteiger partial charge in [0.2, 0.25) is 0 Å². The van der Waals surface area contributed by atoms with Crippen molar-refractivity contribution in [2.75, 3.05) is 3.80 Å². The largest absolute Gasteiger partial charge is 0.147 e. The SMILES string of the molecule is CC1=C(C)C(C)[C]([Ti]([CH3])([CH3])(=[GeH2])[NH]c2ccccc2)=C1C.Cl.Cl. The fraction of sp³-hybridized carbons (Fsp3) is 0.412. The molecule has 1 N–H and O–H groups in total. The Hall–Kier alpha value is 0.337. The van der Waals surface area contributed by atoms with E-state index >= 15 is 0 Å². The van der Waals surface area contributed by atoms with Gasteiger partial charge in [0.15, 0.2) is 0 Å². The summed E-state index contributed by atoms with van der Waals surface area (Å²) in [6.07, 6.45) is 0. The zero-order valence-electron chi connectivity index (χ0n) is 14.5. The summed E-state index contributed by atoms with van der Waals surface area (Å²) in [5.74, 6) is 0.618. The molecule has 124 valence electrons. The van der Waals surface area contributed by atoms with E-state index in [0.29, 0.717) is 5.92 Å². The number of benzene rings is 1. The molecule has 0 radical (unpaired) electrons. The van der Waals surface area contributed by atoms with Crippen LogP contribution in [0.3, 0.4) is 0 Å². The monoisotopic (exact) mass is 439 g/mol. The summed E-state index contributed by atoms with van der Waals surface area (Å²) in [4.78, 5) is 0. The van der Waals surface area contributed by atoms with Crippen LogP contribution in [0.15, 0.2) is 50.9 Å². The minimum Gasteiger partial charge on any atom is -0.147 e. The Morgan fingerprint density at radius 2 is 1.45 bits per heavy atom. The molecule has 1 atom stereocenters. The smallest absolute Gasteiger partial charge is 0.147 e. The minimum absolute atomic E-state index is 0. The van der Waals surface area contributed by atoms with Crippen LogP contribution in [-0.2, 0) is 12.7 Å². The Morgan fingerprint density at radius 1 is 0.955 bits per heavy atom. The van der Waals surface area contributed by atoms with Gasteiger partial charge in [-0.15, -0.1) is 24.8 Å². The number of nitrogens with one attached hydrogen (secondary N) is 1. The molecule has 0 bridgehead atoms. The summed E-state index contributed by atoms with van der Waals surface area (Å²) in [5.41, 5.74) is 5.94. The number of para-hydroxylation sites is 1. The molecule has 0 saturated heterocycles. The van der Waals surface area contributed by atoms with E-state index in [1.807, 2.05) is 0 Å². The molecule has 1 aromatic carbocycles. The van der Waals surface area contributed by atoms with E-state index in [1.165, 1.54) is 24.4 Å². The van der Waals surface area contributed by atoms with Crippen LogP contribution in [-0.4, -0.2) is 13.1 Å². The molecule has 0 saturated carbocycles. The number of hydrogen-bond acceptors (Lipinski definition) is 1. The molecule has 0 spiro atoms. The third-order valence-electron chi connectivity index (χ3n) is 4.82. The first-order valence-corrected chi connectivity index (χ1v) is 19.3. The molecule has 1 aliphatic rings. The zero-order chi connectivity index (χ0) is 15.2. The van der Waals surface area contributed by atoms with E-state index in [9.17, 15) is 0 Å². The van der Waals surface area contributed by atoms with Gasteiger partial charge in [0.25, 0.3) is 0 Å². The number of hydrogen-bond donors (Lipinski definition) is 1. The molecule has 22 heavy (non-hydrogen) atoms. The Bertz CT molecular complexity index is 671. The second-order valence-electron chi connectivity index (χ2n) is 7.25. The maximum absolute atomic E-state index is 4.00. The Kier molecular flexibility index (Phi) is 7.60. The average Bonchev–Trinajstić information content (AvgIpc) is 2.54. The first-order valence-electron chi connectivity index (χ1n) is 7.42. The molecular weight excluding hydrogens is 410 g/mol. The van der Waals surface area contributed by atoms with Crippen molar-refractivity contribution < 1.29 is 12.7 Å². The van der Waals surface area contributed by atoms with Crippen molar-refractivity contribution in [3.05, 3.63) is 50.9 Å². The quantitative estimate of drug-likeness (QED) is 0.619. The topological polar surface area (TPSA) is 12.0 Å². The maximum Gasteiger partial charge on any atom is -0.147 e. The van der Waals surface area contributed by atoms with Crippen molar-refractivity contribution in [3.8, 4) is 0 Å². The van der Waals surface area contributed by atoms with Crippen LogP contribution in [0.25, 0.3) is 0 Å². The van der Waals surface area contributed by atoms with Crippen LogP contribution in [0.1, 0.15) is 27.7 Å². The predicted molar refractivity (Wildman–Crippen MR) is 105 cm³/mol. The molecule has 0 fully saturated rings. The van der Waals surface area contributed by atoms with Crippen LogP contribution >= 0.6 is 24.8 Å². The van der Waals surface area contributed by atoms with Crippen molar-refractivity contribution in [2.24, 2.45) is 5.92 Å². The van der Waals surface area contributed by atoms with Crippen LogP contribution in [0.2, 0.25) is 10.5 Å². The van der Waals surface area contributed by atoms with Gasteiger partial charge in [0.1, 0.15) is 0 Å². The van der Waals surface area contributed by atoms with E-state index in [0.717, 1.165) is 0 Å². The summed E-state index contributed by atoms with van der Waals surface area (Å²) >= 11 is -1.40. The van der Waals surface area contributed by atoms with Gasteiger partial charge in [-0.3, -0.25) is 0 Å². The molecule has 0 amide bonds. The molecular formula is C17H29Cl2GeNTi. The Morgan fingerprint density at radius 3 is 1.86 bits per heavy atom. The van der Waals surface area contributed by atoms with Crippen LogP contribution in [0, 0.1) is 5.92 Å². The van der Waals surface area contributed by atoms with Crippen molar-refractivity contribution in [2.45, 2.75) is 38.2 Å². The van der Waals surface area contributed by atoms with Gasteiger partial charge in [-0.2, -0.15) is 0 Å². The number of halogens is 2. The second-order valence-corrected chi connectivity index (χ2v) is 35.2. The maximum atomic E-state index is 4.00. The molecule has 0 heterocycles. The van der Waals surface area contributed by atoms with Gasteiger partial charge in [0, 0.05) is 0 Å². The minimum atomic E-state index is -2.76. The molecule has 2 rings (SSSR count). The van der Waals surface area contributed by atoms with Gasteiger partial charge >= 0.3 is 130 Å². The number of rotatable bonds is 3. The normalized spacial score (nSPS) is 18.8. The fourth-order valence-electron chi connectivity index (χ4n) is 3.71. The third kappa shape index (κ3) is 4.24. The summed E-state index contributed by atoms with van der Waals surface area (Å²) in [5, 5.41) is 5.09. The summed E-state index contributed by atoms with van der Waals surface area (Å²) < 4.78 is 5.75. The summed E-state index contributed by atoms with van der Waals surface area (Å²) in [6.45, 7) is 9.32. The number of allylic oxidation sites excluding steroid dienone is 4. The molecule has 1 aliphatic carbocycles. The van der Waals surface area contributed by atoms with Gasteiger partial charge in [-0.05, 0) is 0 Å². The van der Waals surface area contributed by atoms with Crippen molar-refractivity contribution in [1.82, 2.24) is 0 Å². The first kappa shape index (κ1) is 22.3. The van der Waals surface area contributed by atoms with Gasteiger partial charge < -0.3 is 0 Å². The molecule has 1 aromatic rings. The van der Waals surface area contributed by atoms with E-state index in [-0.39, 0.29) is 24.8 Å². The third-order valence-corrected chi connectivity index (χ3v) is 15.3. The zero-order valence-corrected chi connectivity index (χ0v) is 20.6. The number of anilines is 1. The Balaban J connectivity index is 0.00000220. The van der Waals surface area contributed by atoms with Crippen molar-refractivity contribution in [1.29, 1.82) is 0 Å². The van der Waals surface area contributed by atoms with E-state index < -0.39 is 12.7 Å². The molecule has 0 aliphatic heterocycles. The van der Waals surface area contributed by atoms with Crippen molar-refractivity contribution >= 4 is 43.6 Å². The molecule has 1 nitrogen and oxygen atoms in total. The standard InChI is InChI=1S/C9H13.C6H6N.2CH3.2ClH.GeH2.Ti/c1-6-5-7(2)9(4)8(6)3;7-6-4-2-1-3-5-6;;;;;;/h6H,1-4H3;1-5,7H;2*1H3;2*1H;1H2;/q;-1;;;;;;+1. The second kappa shape index (κ2) is 7.48. The summed E-state index contributed by atoms with van der Waals surface area (Å²) in [7, 11) is 0. The first-order chi connectivity index (χ1) is 9.12. The van der Waals surface area contributed by atoms with Gasteiger partial charge in [-0.25, -0.2) is 0 Å². The van der Waals surface area contributed by atoms with Gasteiger partial charge in [-0.1, -0.05) is 0 Å². The van der Waals surface area contributed by atoms with E-state index in [2.05, 4.69) is 72.3 Å². The fourth-order valence-corrected chi connectivity index (χ4v) is 17.0. The van der Waals surface area contributed by atoms with Gasteiger partial charge in [0.05, 0.1) is 0 Å².